The lowest BCUT2D eigenvalue weighted by Gasteiger charge is -2.03. The molecule has 0 atom stereocenters. The minimum atomic E-state index is -0.0259. The van der Waals surface area contributed by atoms with Crippen molar-refractivity contribution in [1.29, 1.82) is 0 Å². The normalized spacial score (nSPS) is 12.9. The second kappa shape index (κ2) is 4.47. The summed E-state index contributed by atoms with van der Waals surface area (Å²) in [6.07, 6.45) is 0. The lowest BCUT2D eigenvalue weighted by atomic mass is 10.1. The van der Waals surface area contributed by atoms with Crippen LogP contribution in [0.2, 0.25) is 0 Å². The maximum atomic E-state index is 12.0. The zero-order chi connectivity index (χ0) is 13.4. The molecule has 0 bridgehead atoms. The van der Waals surface area contributed by atoms with Crippen molar-refractivity contribution in [2.75, 3.05) is 13.8 Å². The smallest absolute Gasteiger partial charge is 0.271 e. The second-order valence-electron chi connectivity index (χ2n) is 4.43. The summed E-state index contributed by atoms with van der Waals surface area (Å²) >= 11 is 0. The number of aryl methyl sites for hydroxylation is 1. The highest BCUT2D eigenvalue weighted by Gasteiger charge is 2.18. The SMILES string of the molecule is CNCc1c(-c2ccc3c(c2)OCO3)[nH]n(C)c1=O. The maximum Gasteiger partial charge on any atom is 0.271 e. The van der Waals surface area contributed by atoms with Gasteiger partial charge in [-0.1, -0.05) is 0 Å². The molecule has 2 N–H and O–H groups in total. The van der Waals surface area contributed by atoms with Gasteiger partial charge >= 0.3 is 0 Å². The molecule has 1 aromatic heterocycles. The Morgan fingerprint density at radius 2 is 2.16 bits per heavy atom. The fourth-order valence-electron chi connectivity index (χ4n) is 2.23. The van der Waals surface area contributed by atoms with E-state index in [1.54, 1.807) is 7.05 Å². The largest absolute Gasteiger partial charge is 0.454 e. The Balaban J connectivity index is 2.11. The van der Waals surface area contributed by atoms with Gasteiger partial charge in [-0.2, -0.15) is 0 Å². The van der Waals surface area contributed by atoms with Crippen molar-refractivity contribution in [2.24, 2.45) is 7.05 Å². The molecule has 0 radical (unpaired) electrons. The van der Waals surface area contributed by atoms with Crippen LogP contribution in [-0.4, -0.2) is 23.6 Å². The highest BCUT2D eigenvalue weighted by molar-refractivity contribution is 5.67. The topological polar surface area (TPSA) is 68.3 Å². The lowest BCUT2D eigenvalue weighted by Crippen LogP contribution is -2.19. The summed E-state index contributed by atoms with van der Waals surface area (Å²) in [7, 11) is 3.52. The molecular formula is C13H15N3O3. The quantitative estimate of drug-likeness (QED) is 0.858. The number of nitrogens with one attached hydrogen (secondary N) is 2. The minimum Gasteiger partial charge on any atom is -0.454 e. The third-order valence-electron chi connectivity index (χ3n) is 3.16. The first-order chi connectivity index (χ1) is 9.20. The van der Waals surface area contributed by atoms with Gasteiger partial charge in [-0.05, 0) is 25.2 Å². The highest BCUT2D eigenvalue weighted by Crippen LogP contribution is 2.35. The van der Waals surface area contributed by atoms with Crippen molar-refractivity contribution >= 4 is 0 Å². The third-order valence-corrected chi connectivity index (χ3v) is 3.16. The molecule has 2 aromatic rings. The minimum absolute atomic E-state index is 0.0259. The van der Waals surface area contributed by atoms with Crippen LogP contribution in [0.1, 0.15) is 5.56 Å². The molecule has 0 spiro atoms. The molecule has 1 aliphatic heterocycles. The fourth-order valence-corrected chi connectivity index (χ4v) is 2.23. The molecule has 6 heteroatoms. The summed E-state index contributed by atoms with van der Waals surface area (Å²) in [6, 6.07) is 5.65. The number of nitrogens with zero attached hydrogens (tertiary/aromatic N) is 1. The van der Waals surface area contributed by atoms with Gasteiger partial charge in [0.15, 0.2) is 11.5 Å². The number of benzene rings is 1. The van der Waals surface area contributed by atoms with E-state index in [-0.39, 0.29) is 12.4 Å². The van der Waals surface area contributed by atoms with E-state index in [2.05, 4.69) is 10.4 Å². The van der Waals surface area contributed by atoms with Gasteiger partial charge in [0.1, 0.15) is 0 Å². The van der Waals surface area contributed by atoms with E-state index < -0.39 is 0 Å². The van der Waals surface area contributed by atoms with E-state index in [4.69, 9.17) is 9.47 Å². The van der Waals surface area contributed by atoms with Gasteiger partial charge in [0.05, 0.1) is 11.3 Å². The van der Waals surface area contributed by atoms with Crippen molar-refractivity contribution in [3.8, 4) is 22.8 Å². The van der Waals surface area contributed by atoms with Crippen LogP contribution in [0.4, 0.5) is 0 Å². The van der Waals surface area contributed by atoms with Gasteiger partial charge in [0.2, 0.25) is 6.79 Å². The van der Waals surface area contributed by atoms with E-state index >= 15 is 0 Å². The molecule has 6 nitrogen and oxygen atoms in total. The van der Waals surface area contributed by atoms with Crippen molar-refractivity contribution in [3.05, 3.63) is 34.1 Å². The Bertz CT molecular complexity index is 672. The van der Waals surface area contributed by atoms with Crippen LogP contribution in [0, 0.1) is 0 Å². The molecule has 0 aliphatic carbocycles. The number of hydrogen-bond acceptors (Lipinski definition) is 4. The molecule has 100 valence electrons. The monoisotopic (exact) mass is 261 g/mol. The van der Waals surface area contributed by atoms with Gasteiger partial charge in [0, 0.05) is 19.2 Å². The molecule has 0 amide bonds. The Morgan fingerprint density at radius 1 is 1.37 bits per heavy atom. The summed E-state index contributed by atoms with van der Waals surface area (Å²) in [5, 5.41) is 6.08. The first kappa shape index (κ1) is 11.9. The summed E-state index contributed by atoms with van der Waals surface area (Å²) in [6.45, 7) is 0.757. The maximum absolute atomic E-state index is 12.0. The van der Waals surface area contributed by atoms with E-state index in [9.17, 15) is 4.79 Å². The van der Waals surface area contributed by atoms with Crippen LogP contribution in [-0.2, 0) is 13.6 Å². The standard InChI is InChI=1S/C13H15N3O3/c1-14-6-9-12(15-16(2)13(9)17)8-3-4-10-11(5-8)19-7-18-10/h3-5,14-15H,6-7H2,1-2H3. The number of hydrogen-bond donors (Lipinski definition) is 2. The summed E-state index contributed by atoms with van der Waals surface area (Å²) in [5.41, 5.74) is 2.40. The van der Waals surface area contributed by atoms with Gasteiger partial charge < -0.3 is 14.8 Å². The Hall–Kier alpha value is -2.21. The predicted octanol–water partition coefficient (Wildman–Crippen LogP) is 0.828. The number of ether oxygens (including phenoxy) is 2. The summed E-state index contributed by atoms with van der Waals surface area (Å²) in [5.74, 6) is 1.44. The van der Waals surface area contributed by atoms with E-state index in [0.717, 1.165) is 17.0 Å². The van der Waals surface area contributed by atoms with E-state index in [0.29, 0.717) is 17.9 Å². The molecule has 0 saturated heterocycles. The number of fused-ring (bicyclic) bond motifs is 1. The Kier molecular flexibility index (Phi) is 2.79. The Morgan fingerprint density at radius 3 is 2.95 bits per heavy atom. The van der Waals surface area contributed by atoms with Crippen LogP contribution < -0.4 is 20.3 Å². The zero-order valence-electron chi connectivity index (χ0n) is 10.8. The second-order valence-corrected chi connectivity index (χ2v) is 4.43. The van der Waals surface area contributed by atoms with Crippen molar-refractivity contribution in [3.63, 3.8) is 0 Å². The number of aromatic amines is 1. The van der Waals surface area contributed by atoms with E-state index in [1.165, 1.54) is 4.68 Å². The van der Waals surface area contributed by atoms with Crippen molar-refractivity contribution in [2.45, 2.75) is 6.54 Å². The molecular weight excluding hydrogens is 246 g/mol. The molecule has 1 aliphatic rings. The Labute approximate surface area is 109 Å². The number of H-pyrrole nitrogens is 1. The average molecular weight is 261 g/mol. The van der Waals surface area contributed by atoms with Crippen LogP contribution in [0.3, 0.4) is 0 Å². The summed E-state index contributed by atoms with van der Waals surface area (Å²) in [4.78, 5) is 12.0. The predicted molar refractivity (Wildman–Crippen MR) is 70.4 cm³/mol. The van der Waals surface area contributed by atoms with Crippen LogP contribution in [0.5, 0.6) is 11.5 Å². The van der Waals surface area contributed by atoms with Gasteiger partial charge in [0.25, 0.3) is 5.56 Å². The number of aromatic nitrogens is 2. The van der Waals surface area contributed by atoms with Gasteiger partial charge in [-0.25, -0.2) is 0 Å². The van der Waals surface area contributed by atoms with Gasteiger partial charge in [-0.15, -0.1) is 0 Å². The lowest BCUT2D eigenvalue weighted by molar-refractivity contribution is 0.174. The highest BCUT2D eigenvalue weighted by atomic mass is 16.7. The first-order valence-corrected chi connectivity index (χ1v) is 6.03. The van der Waals surface area contributed by atoms with Crippen LogP contribution >= 0.6 is 0 Å². The third kappa shape index (κ3) is 1.90. The van der Waals surface area contributed by atoms with Gasteiger partial charge in [-0.3, -0.25) is 14.6 Å². The molecule has 0 unspecified atom stereocenters. The summed E-state index contributed by atoms with van der Waals surface area (Å²) < 4.78 is 12.1. The molecule has 3 rings (SSSR count). The fraction of sp³-hybridized carbons (Fsp3) is 0.308. The van der Waals surface area contributed by atoms with Crippen molar-refractivity contribution in [1.82, 2.24) is 15.1 Å². The average Bonchev–Trinajstić information content (AvgIpc) is 2.98. The molecule has 2 heterocycles. The molecule has 19 heavy (non-hydrogen) atoms. The number of rotatable bonds is 3. The molecule has 1 aromatic carbocycles. The molecule has 0 saturated carbocycles. The molecule has 0 fully saturated rings. The van der Waals surface area contributed by atoms with Crippen LogP contribution in [0.25, 0.3) is 11.3 Å². The van der Waals surface area contributed by atoms with E-state index in [1.807, 2.05) is 25.2 Å². The van der Waals surface area contributed by atoms with Crippen LogP contribution in [0.15, 0.2) is 23.0 Å². The van der Waals surface area contributed by atoms with Crippen molar-refractivity contribution < 1.29 is 9.47 Å². The zero-order valence-corrected chi connectivity index (χ0v) is 10.8. The first-order valence-electron chi connectivity index (χ1n) is 6.03.